The fourth-order valence-corrected chi connectivity index (χ4v) is 2.78. The molecule has 0 aliphatic rings. The second-order valence-corrected chi connectivity index (χ2v) is 6.00. The highest BCUT2D eigenvalue weighted by Crippen LogP contribution is 2.24. The van der Waals surface area contributed by atoms with Gasteiger partial charge in [0, 0.05) is 5.92 Å². The Kier molecular flexibility index (Phi) is 14.6. The highest BCUT2D eigenvalue weighted by molar-refractivity contribution is 5.95. The van der Waals surface area contributed by atoms with Gasteiger partial charge in [0.05, 0.1) is 13.2 Å². The van der Waals surface area contributed by atoms with E-state index in [1.807, 2.05) is 6.08 Å². The number of carbonyl (C=O) groups is 2. The van der Waals surface area contributed by atoms with Crippen LogP contribution in [0, 0.1) is 11.8 Å². The summed E-state index contributed by atoms with van der Waals surface area (Å²) in [5, 5.41) is 0. The van der Waals surface area contributed by atoms with E-state index in [2.05, 4.69) is 18.9 Å². The molecule has 4 heteroatoms. The van der Waals surface area contributed by atoms with Crippen molar-refractivity contribution in [3.63, 3.8) is 0 Å². The number of esters is 2. The van der Waals surface area contributed by atoms with Gasteiger partial charge in [0.2, 0.25) is 0 Å². The predicted octanol–water partition coefficient (Wildman–Crippen LogP) is 4.99. The molecule has 0 heterocycles. The van der Waals surface area contributed by atoms with Gasteiger partial charge in [-0.25, -0.2) is 0 Å². The van der Waals surface area contributed by atoms with Crippen molar-refractivity contribution < 1.29 is 19.1 Å². The van der Waals surface area contributed by atoms with Crippen molar-refractivity contribution in [2.75, 3.05) is 13.2 Å². The van der Waals surface area contributed by atoms with Crippen LogP contribution in [-0.4, -0.2) is 25.2 Å². The number of allylic oxidation sites excluding steroid dienone is 2. The minimum Gasteiger partial charge on any atom is -0.465 e. The molecule has 0 unspecified atom stereocenters. The molecule has 0 aliphatic heterocycles. The van der Waals surface area contributed by atoms with Gasteiger partial charge in [0.15, 0.2) is 5.92 Å². The summed E-state index contributed by atoms with van der Waals surface area (Å²) in [6.45, 7) is 11.2. The van der Waals surface area contributed by atoms with Crippen LogP contribution in [-0.2, 0) is 19.1 Å². The molecule has 0 aliphatic carbocycles. The summed E-state index contributed by atoms with van der Waals surface area (Å²) in [7, 11) is 0. The van der Waals surface area contributed by atoms with Crippen LogP contribution in [0.1, 0.15) is 65.2 Å². The molecular formula is C21H34O4. The van der Waals surface area contributed by atoms with Crippen LogP contribution in [0.25, 0.3) is 0 Å². The number of hydrogen-bond donors (Lipinski definition) is 0. The number of rotatable bonds is 15. The smallest absolute Gasteiger partial charge is 0.320 e. The first-order valence-electron chi connectivity index (χ1n) is 9.42. The monoisotopic (exact) mass is 350 g/mol. The molecule has 142 valence electrons. The second-order valence-electron chi connectivity index (χ2n) is 6.00. The SMILES string of the molecule is C=C=C[C@H](CCCCCCCCC=C)C(C(=O)OCC)C(=O)OCC. The maximum Gasteiger partial charge on any atom is 0.320 e. The summed E-state index contributed by atoms with van der Waals surface area (Å²) in [4.78, 5) is 24.4. The van der Waals surface area contributed by atoms with Crippen LogP contribution < -0.4 is 0 Å². The van der Waals surface area contributed by atoms with Gasteiger partial charge in [-0.05, 0) is 39.2 Å². The summed E-state index contributed by atoms with van der Waals surface area (Å²) in [6.07, 6.45) is 12.2. The van der Waals surface area contributed by atoms with Gasteiger partial charge in [0.1, 0.15) is 0 Å². The van der Waals surface area contributed by atoms with Crippen molar-refractivity contribution in [2.24, 2.45) is 11.8 Å². The van der Waals surface area contributed by atoms with Gasteiger partial charge < -0.3 is 9.47 Å². The van der Waals surface area contributed by atoms with E-state index in [4.69, 9.17) is 9.47 Å². The molecule has 0 aromatic carbocycles. The van der Waals surface area contributed by atoms with Gasteiger partial charge in [-0.2, -0.15) is 0 Å². The van der Waals surface area contributed by atoms with E-state index in [1.54, 1.807) is 19.9 Å². The molecule has 0 aromatic rings. The summed E-state index contributed by atoms with van der Waals surface area (Å²) in [5.41, 5.74) is 2.72. The van der Waals surface area contributed by atoms with E-state index in [-0.39, 0.29) is 19.1 Å². The fourth-order valence-electron chi connectivity index (χ4n) is 2.78. The molecule has 0 fully saturated rings. The maximum absolute atomic E-state index is 12.2. The minimum absolute atomic E-state index is 0.240. The molecule has 0 aromatic heterocycles. The summed E-state index contributed by atoms with van der Waals surface area (Å²) >= 11 is 0. The number of carbonyl (C=O) groups excluding carboxylic acids is 2. The Balaban J connectivity index is 4.57. The Morgan fingerprint density at radius 1 is 0.960 bits per heavy atom. The van der Waals surface area contributed by atoms with Crippen LogP contribution >= 0.6 is 0 Å². The van der Waals surface area contributed by atoms with Crippen LogP contribution in [0.3, 0.4) is 0 Å². The number of unbranched alkanes of at least 4 members (excludes halogenated alkanes) is 6. The Morgan fingerprint density at radius 3 is 1.96 bits per heavy atom. The van der Waals surface area contributed by atoms with Crippen molar-refractivity contribution in [3.05, 3.63) is 31.0 Å². The standard InChI is InChI=1S/C21H34O4/c1-5-9-10-11-12-13-14-15-17-18(16-6-2)19(20(22)24-7-3)21(23)25-8-4/h5,16,18-19H,1-2,7-15,17H2,3-4H3/t18-/m1/s1. The van der Waals surface area contributed by atoms with Crippen molar-refractivity contribution in [2.45, 2.75) is 65.2 Å². The number of ether oxygens (including phenoxy) is 2. The lowest BCUT2D eigenvalue weighted by Gasteiger charge is -2.21. The van der Waals surface area contributed by atoms with E-state index in [0.717, 1.165) is 32.1 Å². The average Bonchev–Trinajstić information content (AvgIpc) is 2.58. The van der Waals surface area contributed by atoms with Crippen LogP contribution in [0.15, 0.2) is 31.0 Å². The Labute approximate surface area is 153 Å². The first-order valence-corrected chi connectivity index (χ1v) is 9.42. The van der Waals surface area contributed by atoms with Crippen molar-refractivity contribution in [1.82, 2.24) is 0 Å². The Bertz CT molecular complexity index is 417. The zero-order valence-corrected chi connectivity index (χ0v) is 15.9. The average molecular weight is 350 g/mol. The third-order valence-electron chi connectivity index (χ3n) is 4.04. The molecule has 4 nitrogen and oxygen atoms in total. The third kappa shape index (κ3) is 10.6. The van der Waals surface area contributed by atoms with E-state index in [0.29, 0.717) is 0 Å². The van der Waals surface area contributed by atoms with E-state index >= 15 is 0 Å². The number of hydrogen-bond acceptors (Lipinski definition) is 4. The fraction of sp³-hybridized carbons (Fsp3) is 0.667. The maximum atomic E-state index is 12.2. The first-order chi connectivity index (χ1) is 12.1. The molecule has 0 rings (SSSR count). The predicted molar refractivity (Wildman–Crippen MR) is 101 cm³/mol. The molecule has 0 N–H and O–H groups in total. The zero-order valence-electron chi connectivity index (χ0n) is 15.9. The highest BCUT2D eigenvalue weighted by atomic mass is 16.6. The molecule has 0 amide bonds. The van der Waals surface area contributed by atoms with Crippen LogP contribution in [0.4, 0.5) is 0 Å². The third-order valence-corrected chi connectivity index (χ3v) is 4.04. The van der Waals surface area contributed by atoms with E-state index < -0.39 is 17.9 Å². The van der Waals surface area contributed by atoms with Crippen molar-refractivity contribution in [1.29, 1.82) is 0 Å². The Hall–Kier alpha value is -1.80. The summed E-state index contributed by atoms with van der Waals surface area (Å²) in [5.74, 6) is -2.26. The van der Waals surface area contributed by atoms with Gasteiger partial charge >= 0.3 is 11.9 Å². The highest BCUT2D eigenvalue weighted by Gasteiger charge is 2.35. The van der Waals surface area contributed by atoms with Gasteiger partial charge in [-0.3, -0.25) is 9.59 Å². The first kappa shape index (κ1) is 23.2. The molecule has 0 saturated heterocycles. The summed E-state index contributed by atoms with van der Waals surface area (Å²) < 4.78 is 10.1. The van der Waals surface area contributed by atoms with Crippen LogP contribution in [0.5, 0.6) is 0 Å². The lowest BCUT2D eigenvalue weighted by Crippen LogP contribution is -2.33. The molecule has 0 saturated carbocycles. The molecular weight excluding hydrogens is 316 g/mol. The van der Waals surface area contributed by atoms with E-state index in [9.17, 15) is 9.59 Å². The van der Waals surface area contributed by atoms with Gasteiger partial charge in [0.25, 0.3) is 0 Å². The minimum atomic E-state index is -0.929. The second kappa shape index (κ2) is 15.7. The normalized spacial score (nSPS) is 11.5. The molecule has 0 bridgehead atoms. The quantitative estimate of drug-likeness (QED) is 0.137. The molecule has 1 atom stereocenters. The lowest BCUT2D eigenvalue weighted by molar-refractivity contribution is -0.163. The topological polar surface area (TPSA) is 52.6 Å². The van der Waals surface area contributed by atoms with Crippen molar-refractivity contribution in [3.8, 4) is 0 Å². The summed E-state index contributed by atoms with van der Waals surface area (Å²) in [6, 6.07) is 0. The molecule has 0 spiro atoms. The van der Waals surface area contributed by atoms with E-state index in [1.165, 1.54) is 19.3 Å². The van der Waals surface area contributed by atoms with Crippen molar-refractivity contribution >= 4 is 11.9 Å². The van der Waals surface area contributed by atoms with Gasteiger partial charge in [-0.15, -0.1) is 12.3 Å². The van der Waals surface area contributed by atoms with Gasteiger partial charge in [-0.1, -0.05) is 44.8 Å². The molecule has 25 heavy (non-hydrogen) atoms. The Morgan fingerprint density at radius 2 is 1.48 bits per heavy atom. The molecule has 0 radical (unpaired) electrons. The largest absolute Gasteiger partial charge is 0.465 e. The lowest BCUT2D eigenvalue weighted by atomic mass is 9.87. The zero-order chi connectivity index (χ0) is 18.9. The van der Waals surface area contributed by atoms with Crippen LogP contribution in [0.2, 0.25) is 0 Å².